The maximum Gasteiger partial charge on any atom is 0.123 e. The Hall–Kier alpha value is -2.40. The van der Waals surface area contributed by atoms with Gasteiger partial charge in [-0.15, -0.1) is 0 Å². The molecule has 0 aliphatic carbocycles. The van der Waals surface area contributed by atoms with Crippen LogP contribution in [0, 0.1) is 5.82 Å². The summed E-state index contributed by atoms with van der Waals surface area (Å²) in [6.45, 7) is 4.66. The van der Waals surface area contributed by atoms with E-state index in [0.29, 0.717) is 0 Å². The average molecular weight is 310 g/mol. The SMILES string of the molecule is Fc1ccc(N2CCN(Cn3ncc4ccccc43)CC2)cc1. The van der Waals surface area contributed by atoms with Gasteiger partial charge in [0.1, 0.15) is 5.82 Å². The van der Waals surface area contributed by atoms with Crippen molar-refractivity contribution < 1.29 is 4.39 Å². The third-order valence-electron chi connectivity index (χ3n) is 4.45. The molecule has 1 aromatic heterocycles. The maximum atomic E-state index is 13.0. The first-order valence-corrected chi connectivity index (χ1v) is 7.93. The highest BCUT2D eigenvalue weighted by Gasteiger charge is 2.18. The Balaban J connectivity index is 1.41. The van der Waals surface area contributed by atoms with Gasteiger partial charge >= 0.3 is 0 Å². The van der Waals surface area contributed by atoms with Crippen LogP contribution >= 0.6 is 0 Å². The molecule has 0 radical (unpaired) electrons. The second-order valence-electron chi connectivity index (χ2n) is 5.93. The smallest absolute Gasteiger partial charge is 0.123 e. The van der Waals surface area contributed by atoms with Crippen molar-refractivity contribution >= 4 is 16.6 Å². The van der Waals surface area contributed by atoms with Crippen LogP contribution in [-0.2, 0) is 6.67 Å². The molecule has 4 rings (SSSR count). The van der Waals surface area contributed by atoms with Crippen molar-refractivity contribution in [3.05, 3.63) is 60.5 Å². The van der Waals surface area contributed by atoms with Crippen LogP contribution in [0.25, 0.3) is 10.9 Å². The van der Waals surface area contributed by atoms with Crippen molar-refractivity contribution in [3.8, 4) is 0 Å². The molecule has 118 valence electrons. The van der Waals surface area contributed by atoms with Gasteiger partial charge in [0.2, 0.25) is 0 Å². The van der Waals surface area contributed by atoms with E-state index in [9.17, 15) is 4.39 Å². The first kappa shape index (κ1) is 14.2. The Morgan fingerprint density at radius 2 is 1.65 bits per heavy atom. The molecule has 0 spiro atoms. The fourth-order valence-electron chi connectivity index (χ4n) is 3.13. The molecule has 0 amide bonds. The van der Waals surface area contributed by atoms with Gasteiger partial charge in [-0.05, 0) is 30.3 Å². The highest BCUT2D eigenvalue weighted by atomic mass is 19.1. The topological polar surface area (TPSA) is 24.3 Å². The molecule has 1 saturated heterocycles. The minimum atomic E-state index is -0.182. The third-order valence-corrected chi connectivity index (χ3v) is 4.45. The van der Waals surface area contributed by atoms with Crippen LogP contribution in [0.3, 0.4) is 0 Å². The fourth-order valence-corrected chi connectivity index (χ4v) is 3.13. The molecular formula is C18H19FN4. The van der Waals surface area contributed by atoms with Crippen molar-refractivity contribution in [2.45, 2.75) is 6.67 Å². The number of hydrogen-bond acceptors (Lipinski definition) is 3. The Bertz CT molecular complexity index is 788. The minimum absolute atomic E-state index is 0.182. The predicted octanol–water partition coefficient (Wildman–Crippen LogP) is 2.96. The van der Waals surface area contributed by atoms with Crippen LogP contribution in [0.15, 0.2) is 54.7 Å². The summed E-state index contributed by atoms with van der Waals surface area (Å²) in [5.74, 6) is -0.182. The molecule has 4 nitrogen and oxygen atoms in total. The monoisotopic (exact) mass is 310 g/mol. The van der Waals surface area contributed by atoms with E-state index in [1.807, 2.05) is 30.5 Å². The lowest BCUT2D eigenvalue weighted by Gasteiger charge is -2.36. The zero-order valence-corrected chi connectivity index (χ0v) is 12.9. The molecule has 23 heavy (non-hydrogen) atoms. The fraction of sp³-hybridized carbons (Fsp3) is 0.278. The number of hydrogen-bond donors (Lipinski definition) is 0. The first-order valence-electron chi connectivity index (χ1n) is 7.93. The minimum Gasteiger partial charge on any atom is -0.369 e. The molecule has 2 heterocycles. The van der Waals surface area contributed by atoms with E-state index in [0.717, 1.165) is 38.5 Å². The van der Waals surface area contributed by atoms with E-state index in [4.69, 9.17) is 0 Å². The summed E-state index contributed by atoms with van der Waals surface area (Å²) in [5, 5.41) is 5.67. The second-order valence-corrected chi connectivity index (χ2v) is 5.93. The van der Waals surface area contributed by atoms with Gasteiger partial charge in [-0.1, -0.05) is 18.2 Å². The molecule has 3 aromatic rings. The molecule has 0 saturated carbocycles. The summed E-state index contributed by atoms with van der Waals surface area (Å²) >= 11 is 0. The number of benzene rings is 2. The van der Waals surface area contributed by atoms with Crippen molar-refractivity contribution in [2.75, 3.05) is 31.1 Å². The van der Waals surface area contributed by atoms with Crippen molar-refractivity contribution in [3.63, 3.8) is 0 Å². The molecule has 2 aromatic carbocycles. The van der Waals surface area contributed by atoms with Gasteiger partial charge < -0.3 is 4.90 Å². The van der Waals surface area contributed by atoms with E-state index in [2.05, 4.69) is 31.7 Å². The molecule has 5 heteroatoms. The van der Waals surface area contributed by atoms with Crippen molar-refractivity contribution in [1.82, 2.24) is 14.7 Å². The lowest BCUT2D eigenvalue weighted by molar-refractivity contribution is 0.199. The number of halogens is 1. The average Bonchev–Trinajstić information content (AvgIpc) is 3.00. The van der Waals surface area contributed by atoms with Crippen LogP contribution in [0.4, 0.5) is 10.1 Å². The summed E-state index contributed by atoms with van der Waals surface area (Å²) in [5.41, 5.74) is 2.27. The molecule has 0 bridgehead atoms. The molecule has 0 N–H and O–H groups in total. The summed E-state index contributed by atoms with van der Waals surface area (Å²) in [6.07, 6.45) is 1.92. The zero-order chi connectivity index (χ0) is 15.6. The van der Waals surface area contributed by atoms with Crippen LogP contribution in [-0.4, -0.2) is 40.9 Å². The first-order chi connectivity index (χ1) is 11.3. The summed E-state index contributed by atoms with van der Waals surface area (Å²) < 4.78 is 15.1. The van der Waals surface area contributed by atoms with Crippen LogP contribution in [0.1, 0.15) is 0 Å². The number of fused-ring (bicyclic) bond motifs is 1. The van der Waals surface area contributed by atoms with Gasteiger partial charge in [0, 0.05) is 37.3 Å². The van der Waals surface area contributed by atoms with Gasteiger partial charge in [0.25, 0.3) is 0 Å². The van der Waals surface area contributed by atoms with Crippen LogP contribution in [0.5, 0.6) is 0 Å². The van der Waals surface area contributed by atoms with E-state index < -0.39 is 0 Å². The molecule has 1 fully saturated rings. The standard InChI is InChI=1S/C18H19FN4/c19-16-5-7-17(8-6-16)22-11-9-21(10-12-22)14-23-18-4-2-1-3-15(18)13-20-23/h1-8,13H,9-12,14H2. The van der Waals surface area contributed by atoms with Gasteiger partial charge in [-0.2, -0.15) is 5.10 Å². The second kappa shape index (κ2) is 6.01. The van der Waals surface area contributed by atoms with Gasteiger partial charge in [-0.3, -0.25) is 9.58 Å². The van der Waals surface area contributed by atoms with Gasteiger partial charge in [0.05, 0.1) is 18.4 Å². The predicted molar refractivity (Wildman–Crippen MR) is 89.9 cm³/mol. The Labute approximate surface area is 134 Å². The Morgan fingerprint density at radius 1 is 0.913 bits per heavy atom. The third kappa shape index (κ3) is 2.92. The number of anilines is 1. The molecular weight excluding hydrogens is 291 g/mol. The zero-order valence-electron chi connectivity index (χ0n) is 12.9. The number of para-hydroxylation sites is 1. The molecule has 0 unspecified atom stereocenters. The quantitative estimate of drug-likeness (QED) is 0.743. The van der Waals surface area contributed by atoms with E-state index in [1.165, 1.54) is 23.0 Å². The highest BCUT2D eigenvalue weighted by Crippen LogP contribution is 2.18. The number of aromatic nitrogens is 2. The van der Waals surface area contributed by atoms with Crippen LogP contribution in [0.2, 0.25) is 0 Å². The highest BCUT2D eigenvalue weighted by molar-refractivity contribution is 5.78. The normalized spacial score (nSPS) is 16.1. The summed E-state index contributed by atoms with van der Waals surface area (Å²) in [6, 6.07) is 15.0. The molecule has 1 aliphatic rings. The molecule has 1 aliphatic heterocycles. The number of piperazine rings is 1. The number of nitrogens with zero attached hydrogens (tertiary/aromatic N) is 4. The Kier molecular flexibility index (Phi) is 3.71. The molecule has 0 atom stereocenters. The van der Waals surface area contributed by atoms with E-state index >= 15 is 0 Å². The maximum absolute atomic E-state index is 13.0. The van der Waals surface area contributed by atoms with E-state index in [1.54, 1.807) is 0 Å². The lowest BCUT2D eigenvalue weighted by Crippen LogP contribution is -2.46. The summed E-state index contributed by atoms with van der Waals surface area (Å²) in [4.78, 5) is 4.70. The van der Waals surface area contributed by atoms with Crippen LogP contribution < -0.4 is 4.90 Å². The Morgan fingerprint density at radius 3 is 2.43 bits per heavy atom. The number of rotatable bonds is 3. The largest absolute Gasteiger partial charge is 0.369 e. The van der Waals surface area contributed by atoms with Crippen molar-refractivity contribution in [2.24, 2.45) is 0 Å². The lowest BCUT2D eigenvalue weighted by atomic mass is 10.2. The van der Waals surface area contributed by atoms with E-state index in [-0.39, 0.29) is 5.82 Å². The van der Waals surface area contributed by atoms with Crippen molar-refractivity contribution in [1.29, 1.82) is 0 Å². The van der Waals surface area contributed by atoms with Gasteiger partial charge in [0.15, 0.2) is 0 Å². The summed E-state index contributed by atoms with van der Waals surface area (Å²) in [7, 11) is 0. The van der Waals surface area contributed by atoms with Gasteiger partial charge in [-0.25, -0.2) is 4.39 Å².